The van der Waals surface area contributed by atoms with Crippen molar-refractivity contribution in [3.05, 3.63) is 23.4 Å². The number of aryl methyl sites for hydroxylation is 2. The molecule has 20 heavy (non-hydrogen) atoms. The van der Waals surface area contributed by atoms with Gasteiger partial charge in [-0.2, -0.15) is 0 Å². The van der Waals surface area contributed by atoms with Gasteiger partial charge in [0.1, 0.15) is 5.82 Å². The van der Waals surface area contributed by atoms with Crippen LogP contribution in [0.4, 0.5) is 14.6 Å². The van der Waals surface area contributed by atoms with Crippen molar-refractivity contribution in [1.29, 1.82) is 0 Å². The number of hydrogen-bond acceptors (Lipinski definition) is 3. The van der Waals surface area contributed by atoms with Crippen LogP contribution in [0.15, 0.2) is 12.1 Å². The second kappa shape index (κ2) is 7.53. The van der Waals surface area contributed by atoms with Crippen LogP contribution in [0.3, 0.4) is 0 Å². The molecule has 0 amide bonds. The lowest BCUT2D eigenvalue weighted by Crippen LogP contribution is -2.32. The molecule has 2 N–H and O–H groups in total. The standard InChI is InChI=1S/C15H23F2N3/c1-18-13(14(16)17)7-3-2-6-12-9-8-11-5-4-10-19-15(11)20-12/h8-9,13-14,18H,2-7,10H2,1H3,(H,19,20)/t13-/m1/s1. The molecule has 0 aliphatic carbocycles. The quantitative estimate of drug-likeness (QED) is 0.755. The zero-order valence-electron chi connectivity index (χ0n) is 12.0. The minimum absolute atomic E-state index is 0.511. The molecule has 5 heteroatoms. The molecule has 2 heterocycles. The highest BCUT2D eigenvalue weighted by Crippen LogP contribution is 2.20. The Morgan fingerprint density at radius 3 is 2.95 bits per heavy atom. The second-order valence-electron chi connectivity index (χ2n) is 5.32. The molecule has 1 aromatic rings. The first-order chi connectivity index (χ1) is 9.70. The van der Waals surface area contributed by atoms with Crippen molar-refractivity contribution in [3.63, 3.8) is 0 Å². The normalized spacial score (nSPS) is 15.8. The third-order valence-corrected chi connectivity index (χ3v) is 3.82. The van der Waals surface area contributed by atoms with E-state index in [1.54, 1.807) is 7.05 Å². The summed E-state index contributed by atoms with van der Waals surface area (Å²) < 4.78 is 25.1. The van der Waals surface area contributed by atoms with Crippen LogP contribution in [0, 0.1) is 0 Å². The van der Waals surface area contributed by atoms with Crippen molar-refractivity contribution < 1.29 is 8.78 Å². The molecule has 0 spiro atoms. The van der Waals surface area contributed by atoms with E-state index in [4.69, 9.17) is 0 Å². The van der Waals surface area contributed by atoms with E-state index >= 15 is 0 Å². The van der Waals surface area contributed by atoms with Gasteiger partial charge in [-0.15, -0.1) is 0 Å². The van der Waals surface area contributed by atoms with Gasteiger partial charge >= 0.3 is 0 Å². The van der Waals surface area contributed by atoms with E-state index in [0.29, 0.717) is 6.42 Å². The highest BCUT2D eigenvalue weighted by molar-refractivity contribution is 5.46. The highest BCUT2D eigenvalue weighted by atomic mass is 19.3. The van der Waals surface area contributed by atoms with E-state index in [-0.39, 0.29) is 0 Å². The molecule has 112 valence electrons. The molecule has 2 rings (SSSR count). The van der Waals surface area contributed by atoms with Gasteiger partial charge < -0.3 is 10.6 Å². The molecule has 0 saturated heterocycles. The molecule has 0 radical (unpaired) electrons. The highest BCUT2D eigenvalue weighted by Gasteiger charge is 2.17. The molecule has 0 bridgehead atoms. The average Bonchev–Trinajstić information content (AvgIpc) is 2.46. The van der Waals surface area contributed by atoms with Gasteiger partial charge in [0, 0.05) is 12.2 Å². The Labute approximate surface area is 119 Å². The number of alkyl halides is 2. The minimum atomic E-state index is -2.29. The Morgan fingerprint density at radius 1 is 1.35 bits per heavy atom. The maximum atomic E-state index is 12.6. The number of anilines is 1. The van der Waals surface area contributed by atoms with Gasteiger partial charge in [0.2, 0.25) is 0 Å². The summed E-state index contributed by atoms with van der Waals surface area (Å²) in [5.41, 5.74) is 2.34. The van der Waals surface area contributed by atoms with Crippen molar-refractivity contribution in [2.75, 3.05) is 18.9 Å². The van der Waals surface area contributed by atoms with Gasteiger partial charge in [-0.05, 0) is 50.8 Å². The van der Waals surface area contributed by atoms with Crippen molar-refractivity contribution >= 4 is 5.82 Å². The molecular formula is C15H23F2N3. The first-order valence-electron chi connectivity index (χ1n) is 7.39. The summed E-state index contributed by atoms with van der Waals surface area (Å²) in [6, 6.07) is 3.52. The Hall–Kier alpha value is -1.23. The molecule has 0 fully saturated rings. The Kier molecular flexibility index (Phi) is 5.71. The number of fused-ring (bicyclic) bond motifs is 1. The van der Waals surface area contributed by atoms with Crippen LogP contribution >= 0.6 is 0 Å². The lowest BCUT2D eigenvalue weighted by molar-refractivity contribution is 0.0967. The minimum Gasteiger partial charge on any atom is -0.370 e. The number of nitrogens with zero attached hydrogens (tertiary/aromatic N) is 1. The SMILES string of the molecule is CN[C@H](CCCCc1ccc2c(n1)NCCC2)C(F)F. The lowest BCUT2D eigenvalue weighted by Gasteiger charge is -2.17. The van der Waals surface area contributed by atoms with Crippen LogP contribution < -0.4 is 10.6 Å². The zero-order chi connectivity index (χ0) is 14.4. The van der Waals surface area contributed by atoms with Gasteiger partial charge in [0.05, 0.1) is 6.04 Å². The maximum Gasteiger partial charge on any atom is 0.253 e. The second-order valence-corrected chi connectivity index (χ2v) is 5.32. The van der Waals surface area contributed by atoms with Crippen molar-refractivity contribution in [1.82, 2.24) is 10.3 Å². The number of aromatic nitrogens is 1. The summed E-state index contributed by atoms with van der Waals surface area (Å²) in [6.07, 6.45) is 3.03. The number of nitrogens with one attached hydrogen (secondary N) is 2. The summed E-state index contributed by atoms with van der Waals surface area (Å²) in [4.78, 5) is 4.61. The molecule has 1 aromatic heterocycles. The molecule has 0 saturated carbocycles. The van der Waals surface area contributed by atoms with Gasteiger partial charge in [0.15, 0.2) is 0 Å². The van der Waals surface area contributed by atoms with Crippen LogP contribution in [0.1, 0.15) is 36.9 Å². The molecule has 3 nitrogen and oxygen atoms in total. The molecular weight excluding hydrogens is 260 g/mol. The van der Waals surface area contributed by atoms with Crippen molar-refractivity contribution in [3.8, 4) is 0 Å². The molecule has 1 aliphatic heterocycles. The van der Waals surface area contributed by atoms with Gasteiger partial charge in [-0.3, -0.25) is 0 Å². The third kappa shape index (κ3) is 4.13. The number of pyridine rings is 1. The van der Waals surface area contributed by atoms with Crippen LogP contribution in [0.5, 0.6) is 0 Å². The Balaban J connectivity index is 1.77. The summed E-state index contributed by atoms with van der Waals surface area (Å²) in [6.45, 7) is 0.988. The summed E-state index contributed by atoms with van der Waals surface area (Å²) in [5, 5.41) is 5.98. The zero-order valence-corrected chi connectivity index (χ0v) is 12.0. The van der Waals surface area contributed by atoms with E-state index in [9.17, 15) is 8.78 Å². The van der Waals surface area contributed by atoms with Gasteiger partial charge in [-0.25, -0.2) is 13.8 Å². The van der Waals surface area contributed by atoms with Crippen molar-refractivity contribution in [2.45, 2.75) is 51.0 Å². The summed E-state index contributed by atoms with van der Waals surface area (Å²) in [7, 11) is 1.59. The fraction of sp³-hybridized carbons (Fsp3) is 0.667. The fourth-order valence-electron chi connectivity index (χ4n) is 2.57. The molecule has 1 aliphatic rings. The molecule has 1 atom stereocenters. The van der Waals surface area contributed by atoms with E-state index in [1.165, 1.54) is 5.56 Å². The van der Waals surface area contributed by atoms with Crippen LogP contribution in [-0.2, 0) is 12.8 Å². The van der Waals surface area contributed by atoms with E-state index in [2.05, 4.69) is 27.8 Å². The predicted molar refractivity (Wildman–Crippen MR) is 77.5 cm³/mol. The average molecular weight is 283 g/mol. The van der Waals surface area contributed by atoms with Crippen molar-refractivity contribution in [2.24, 2.45) is 0 Å². The summed E-state index contributed by atoms with van der Waals surface area (Å²) in [5.74, 6) is 1.01. The summed E-state index contributed by atoms with van der Waals surface area (Å²) >= 11 is 0. The van der Waals surface area contributed by atoms with E-state index < -0.39 is 12.5 Å². The van der Waals surface area contributed by atoms with Crippen LogP contribution in [-0.4, -0.2) is 31.0 Å². The Bertz CT molecular complexity index is 424. The number of unbranched alkanes of at least 4 members (excludes halogenated alkanes) is 1. The first-order valence-corrected chi connectivity index (χ1v) is 7.39. The smallest absolute Gasteiger partial charge is 0.253 e. The maximum absolute atomic E-state index is 12.6. The molecule has 0 aromatic carbocycles. The third-order valence-electron chi connectivity index (χ3n) is 3.82. The monoisotopic (exact) mass is 283 g/mol. The fourth-order valence-corrected chi connectivity index (χ4v) is 2.57. The van der Waals surface area contributed by atoms with Crippen LogP contribution in [0.25, 0.3) is 0 Å². The van der Waals surface area contributed by atoms with Gasteiger partial charge in [0.25, 0.3) is 6.43 Å². The Morgan fingerprint density at radius 2 is 2.20 bits per heavy atom. The molecule has 0 unspecified atom stereocenters. The van der Waals surface area contributed by atoms with Gasteiger partial charge in [-0.1, -0.05) is 12.5 Å². The van der Waals surface area contributed by atoms with E-state index in [1.807, 2.05) is 0 Å². The number of rotatable bonds is 7. The lowest BCUT2D eigenvalue weighted by atomic mass is 10.0. The number of halogens is 2. The largest absolute Gasteiger partial charge is 0.370 e. The first kappa shape index (κ1) is 15.2. The predicted octanol–water partition coefficient (Wildman–Crippen LogP) is 3.01. The number of hydrogen-bond donors (Lipinski definition) is 2. The van der Waals surface area contributed by atoms with Crippen LogP contribution in [0.2, 0.25) is 0 Å². The van der Waals surface area contributed by atoms with E-state index in [0.717, 1.165) is 50.2 Å². The topological polar surface area (TPSA) is 37.0 Å².